The standard InChI is InChI=1S/C20H30N2O3S/c1-26(23,24)22-18-13-20(11-12-20)21-19(18)14-25-17-9-7-16(8-10-17)15-5-3-2-4-6-15/h2-6,16-19,21-22H,7-14H2,1H3/t16?,17?,18-,19-/m1/s1. The fraction of sp³-hybridized carbons (Fsp3) is 0.700. The van der Waals surface area contributed by atoms with Gasteiger partial charge in [0.05, 0.1) is 19.0 Å². The molecule has 5 nitrogen and oxygen atoms in total. The van der Waals surface area contributed by atoms with Crippen LogP contribution in [-0.4, -0.2) is 45.0 Å². The van der Waals surface area contributed by atoms with Crippen LogP contribution in [0.3, 0.4) is 0 Å². The van der Waals surface area contributed by atoms with Gasteiger partial charge in [0.15, 0.2) is 0 Å². The molecule has 0 aromatic heterocycles. The molecular formula is C20H30N2O3S. The van der Waals surface area contributed by atoms with Crippen LogP contribution in [0.4, 0.5) is 0 Å². The summed E-state index contributed by atoms with van der Waals surface area (Å²) in [5.41, 5.74) is 1.61. The van der Waals surface area contributed by atoms with Gasteiger partial charge in [-0.3, -0.25) is 0 Å². The SMILES string of the molecule is CS(=O)(=O)N[C@@H]1CC2(CC2)N[C@@H]1COC1CCC(c2ccccc2)CC1. The van der Waals surface area contributed by atoms with E-state index < -0.39 is 10.0 Å². The summed E-state index contributed by atoms with van der Waals surface area (Å²) in [6, 6.07) is 10.8. The van der Waals surface area contributed by atoms with Gasteiger partial charge in [-0.05, 0) is 56.4 Å². The van der Waals surface area contributed by atoms with Crippen molar-refractivity contribution in [3.05, 3.63) is 35.9 Å². The summed E-state index contributed by atoms with van der Waals surface area (Å²) in [6.07, 6.45) is 9.22. The normalized spacial score (nSPS) is 33.4. The smallest absolute Gasteiger partial charge is 0.209 e. The Kier molecular flexibility index (Phi) is 5.12. The third kappa shape index (κ3) is 4.47. The summed E-state index contributed by atoms with van der Waals surface area (Å²) >= 11 is 0. The number of sulfonamides is 1. The lowest BCUT2D eigenvalue weighted by Crippen LogP contribution is -2.46. The predicted octanol–water partition coefficient (Wildman–Crippen LogP) is 2.54. The van der Waals surface area contributed by atoms with Crippen LogP contribution in [0.2, 0.25) is 0 Å². The second kappa shape index (κ2) is 7.23. The lowest BCUT2D eigenvalue weighted by atomic mass is 9.83. The molecule has 26 heavy (non-hydrogen) atoms. The molecule has 2 saturated carbocycles. The molecule has 2 atom stereocenters. The molecule has 1 heterocycles. The Bertz CT molecular complexity index is 710. The first kappa shape index (κ1) is 18.4. The van der Waals surface area contributed by atoms with E-state index in [0.717, 1.165) is 32.1 Å². The molecule has 2 aliphatic carbocycles. The van der Waals surface area contributed by atoms with E-state index in [2.05, 4.69) is 40.4 Å². The maximum absolute atomic E-state index is 11.7. The minimum absolute atomic E-state index is 0.0480. The van der Waals surface area contributed by atoms with Gasteiger partial charge in [0.25, 0.3) is 0 Å². The van der Waals surface area contributed by atoms with Crippen LogP contribution in [0.5, 0.6) is 0 Å². The molecule has 144 valence electrons. The summed E-state index contributed by atoms with van der Waals surface area (Å²) in [6.45, 7) is 0.593. The van der Waals surface area contributed by atoms with Gasteiger partial charge in [-0.15, -0.1) is 0 Å². The Morgan fingerprint density at radius 1 is 1.15 bits per heavy atom. The van der Waals surface area contributed by atoms with Crippen molar-refractivity contribution in [1.29, 1.82) is 0 Å². The zero-order valence-electron chi connectivity index (χ0n) is 15.5. The van der Waals surface area contributed by atoms with E-state index >= 15 is 0 Å². The molecule has 4 rings (SSSR count). The van der Waals surface area contributed by atoms with Gasteiger partial charge >= 0.3 is 0 Å². The fourth-order valence-electron chi connectivity index (χ4n) is 4.70. The summed E-state index contributed by atoms with van der Waals surface area (Å²) in [7, 11) is -3.19. The van der Waals surface area contributed by atoms with E-state index in [-0.39, 0.29) is 17.6 Å². The molecule has 0 amide bonds. The average molecular weight is 379 g/mol. The molecule has 1 aromatic carbocycles. The number of ether oxygens (including phenoxy) is 1. The zero-order valence-corrected chi connectivity index (χ0v) is 16.3. The molecule has 0 unspecified atom stereocenters. The van der Waals surface area contributed by atoms with Crippen molar-refractivity contribution in [1.82, 2.24) is 10.0 Å². The van der Waals surface area contributed by atoms with Crippen molar-refractivity contribution in [3.8, 4) is 0 Å². The van der Waals surface area contributed by atoms with Crippen LogP contribution in [0, 0.1) is 0 Å². The Labute approximate surface area is 156 Å². The molecule has 6 heteroatoms. The minimum Gasteiger partial charge on any atom is -0.377 e. The molecule has 1 aliphatic heterocycles. The average Bonchev–Trinajstić information content (AvgIpc) is 3.28. The predicted molar refractivity (Wildman–Crippen MR) is 103 cm³/mol. The molecule has 3 aliphatic rings. The molecular weight excluding hydrogens is 348 g/mol. The lowest BCUT2D eigenvalue weighted by Gasteiger charge is -2.30. The Hall–Kier alpha value is -0.950. The Morgan fingerprint density at radius 3 is 2.46 bits per heavy atom. The van der Waals surface area contributed by atoms with Crippen LogP contribution in [0.1, 0.15) is 56.4 Å². The monoisotopic (exact) mass is 378 g/mol. The summed E-state index contributed by atoms with van der Waals surface area (Å²) in [5.74, 6) is 0.648. The highest BCUT2D eigenvalue weighted by atomic mass is 32.2. The molecule has 1 saturated heterocycles. The third-order valence-corrected chi connectivity index (χ3v) is 6.99. The molecule has 0 bridgehead atoms. The first-order valence-corrected chi connectivity index (χ1v) is 11.7. The van der Waals surface area contributed by atoms with Gasteiger partial charge < -0.3 is 10.1 Å². The number of nitrogens with one attached hydrogen (secondary N) is 2. The molecule has 1 spiro atoms. The number of hydrogen-bond acceptors (Lipinski definition) is 4. The Balaban J connectivity index is 1.27. The first-order chi connectivity index (χ1) is 12.4. The number of hydrogen-bond donors (Lipinski definition) is 2. The van der Waals surface area contributed by atoms with E-state index in [0.29, 0.717) is 18.6 Å². The summed E-state index contributed by atoms with van der Waals surface area (Å²) in [5, 5.41) is 3.64. The van der Waals surface area contributed by atoms with Crippen LogP contribution in [0.15, 0.2) is 30.3 Å². The number of benzene rings is 1. The van der Waals surface area contributed by atoms with Crippen molar-refractivity contribution in [2.75, 3.05) is 12.9 Å². The van der Waals surface area contributed by atoms with Crippen LogP contribution in [0.25, 0.3) is 0 Å². The maximum atomic E-state index is 11.7. The van der Waals surface area contributed by atoms with E-state index in [1.807, 2.05) is 0 Å². The van der Waals surface area contributed by atoms with Crippen molar-refractivity contribution in [2.45, 2.75) is 74.6 Å². The number of rotatable bonds is 6. The minimum atomic E-state index is -3.19. The van der Waals surface area contributed by atoms with E-state index in [9.17, 15) is 8.42 Å². The van der Waals surface area contributed by atoms with Gasteiger partial charge in [-0.2, -0.15) is 0 Å². The summed E-state index contributed by atoms with van der Waals surface area (Å²) in [4.78, 5) is 0. The van der Waals surface area contributed by atoms with Crippen molar-refractivity contribution < 1.29 is 13.2 Å². The second-order valence-corrected chi connectivity index (χ2v) is 10.2. The largest absolute Gasteiger partial charge is 0.377 e. The maximum Gasteiger partial charge on any atom is 0.209 e. The van der Waals surface area contributed by atoms with E-state index in [4.69, 9.17) is 4.74 Å². The van der Waals surface area contributed by atoms with E-state index in [1.54, 1.807) is 0 Å². The molecule has 0 radical (unpaired) electrons. The topological polar surface area (TPSA) is 67.4 Å². The van der Waals surface area contributed by atoms with Gasteiger partial charge in [-0.25, -0.2) is 13.1 Å². The Morgan fingerprint density at radius 2 is 1.85 bits per heavy atom. The first-order valence-electron chi connectivity index (χ1n) is 9.84. The fourth-order valence-corrected chi connectivity index (χ4v) is 5.50. The second-order valence-electron chi connectivity index (χ2n) is 8.45. The van der Waals surface area contributed by atoms with Crippen molar-refractivity contribution in [3.63, 3.8) is 0 Å². The van der Waals surface area contributed by atoms with Crippen LogP contribution < -0.4 is 10.0 Å². The third-order valence-electron chi connectivity index (χ3n) is 6.26. The molecule has 3 fully saturated rings. The van der Waals surface area contributed by atoms with Crippen molar-refractivity contribution in [2.24, 2.45) is 0 Å². The highest BCUT2D eigenvalue weighted by Gasteiger charge is 2.53. The van der Waals surface area contributed by atoms with Crippen LogP contribution >= 0.6 is 0 Å². The lowest BCUT2D eigenvalue weighted by molar-refractivity contribution is 0.0120. The van der Waals surface area contributed by atoms with Gasteiger partial charge in [0.1, 0.15) is 0 Å². The van der Waals surface area contributed by atoms with Gasteiger partial charge in [0, 0.05) is 17.6 Å². The summed E-state index contributed by atoms with van der Waals surface area (Å²) < 4.78 is 32.4. The van der Waals surface area contributed by atoms with E-state index in [1.165, 1.54) is 24.7 Å². The van der Waals surface area contributed by atoms with Crippen molar-refractivity contribution >= 4 is 10.0 Å². The zero-order chi connectivity index (χ0) is 18.2. The van der Waals surface area contributed by atoms with Gasteiger partial charge in [0.2, 0.25) is 10.0 Å². The molecule has 1 aromatic rings. The van der Waals surface area contributed by atoms with Gasteiger partial charge in [-0.1, -0.05) is 30.3 Å². The quantitative estimate of drug-likeness (QED) is 0.798. The molecule has 2 N–H and O–H groups in total. The highest BCUT2D eigenvalue weighted by molar-refractivity contribution is 7.88. The van der Waals surface area contributed by atoms with Crippen LogP contribution in [-0.2, 0) is 14.8 Å². The highest BCUT2D eigenvalue weighted by Crippen LogP contribution is 2.45.